The van der Waals surface area contributed by atoms with Gasteiger partial charge in [0.15, 0.2) is 6.54 Å². The highest BCUT2D eigenvalue weighted by atomic mass is 32.2. The molecule has 0 saturated carbocycles. The van der Waals surface area contributed by atoms with E-state index in [2.05, 4.69) is 60.0 Å². The summed E-state index contributed by atoms with van der Waals surface area (Å²) in [6.07, 6.45) is 5.56. The van der Waals surface area contributed by atoms with Crippen molar-refractivity contribution in [3.63, 3.8) is 0 Å². The van der Waals surface area contributed by atoms with Crippen LogP contribution < -0.4 is 9.47 Å². The number of hydrogen-bond donors (Lipinski definition) is 2. The summed E-state index contributed by atoms with van der Waals surface area (Å²) in [5.74, 6) is -0.386. The maximum absolute atomic E-state index is 11.8. The van der Waals surface area contributed by atoms with Crippen LogP contribution in [0.4, 0.5) is 5.69 Å². The molecule has 6 rings (SSSR count). The fraction of sp³-hybridized carbons (Fsp3) is 0.219. The van der Waals surface area contributed by atoms with E-state index in [0.717, 1.165) is 64.4 Å². The largest absolute Gasteiger partial charge is 0.333 e. The van der Waals surface area contributed by atoms with Gasteiger partial charge in [0.25, 0.3) is 15.1 Å². The van der Waals surface area contributed by atoms with Crippen LogP contribution in [0.25, 0.3) is 37.8 Å². The van der Waals surface area contributed by atoms with E-state index >= 15 is 0 Å². The van der Waals surface area contributed by atoms with Crippen LogP contribution in [0, 0.1) is 0 Å². The lowest BCUT2D eigenvalue weighted by molar-refractivity contribution is -0.668. The van der Waals surface area contributed by atoms with Crippen molar-refractivity contribution in [1.82, 2.24) is 0 Å². The summed E-state index contributed by atoms with van der Waals surface area (Å²) in [4.78, 5) is 3.03. The third-order valence-electron chi connectivity index (χ3n) is 7.54. The number of thioether (sulfide) groups is 1. The Bertz CT molecular complexity index is 2070. The second-order valence-electron chi connectivity index (χ2n) is 10.3. The van der Waals surface area contributed by atoms with Gasteiger partial charge in [-0.25, -0.2) is 0 Å². The van der Waals surface area contributed by atoms with Gasteiger partial charge in [0.1, 0.15) is 4.70 Å². The minimum atomic E-state index is -4.17. The topological polar surface area (TPSA) is 108 Å². The molecule has 0 radical (unpaired) electrons. The lowest BCUT2D eigenvalue weighted by Crippen LogP contribution is -2.36. The second-order valence-corrected chi connectivity index (χ2v) is 14.7. The Morgan fingerprint density at radius 2 is 1.73 bits per heavy atom. The van der Waals surface area contributed by atoms with Gasteiger partial charge >= 0.3 is 11.4 Å². The molecule has 1 unspecified atom stereocenters. The van der Waals surface area contributed by atoms with Gasteiger partial charge in [-0.05, 0) is 47.0 Å². The molecule has 2 N–H and O–H groups in total. The van der Waals surface area contributed by atoms with Gasteiger partial charge in [-0.1, -0.05) is 84.6 Å². The van der Waals surface area contributed by atoms with Gasteiger partial charge < -0.3 is 4.90 Å². The van der Waals surface area contributed by atoms with E-state index in [1.54, 1.807) is 23.1 Å². The molecule has 4 aromatic carbocycles. The Morgan fingerprint density at radius 1 is 1.02 bits per heavy atom. The van der Waals surface area contributed by atoms with Crippen LogP contribution in [0.5, 0.6) is 0 Å². The minimum absolute atomic E-state index is 0.122. The van der Waals surface area contributed by atoms with Crippen molar-refractivity contribution >= 4 is 88.1 Å². The monoisotopic (exact) mass is 667 g/mol. The first-order valence-corrected chi connectivity index (χ1v) is 18.4. The summed E-state index contributed by atoms with van der Waals surface area (Å²) in [6, 6.07) is 24.7. The summed E-state index contributed by atoms with van der Waals surface area (Å²) < 4.78 is 61.6. The molecule has 8 nitrogen and oxygen atoms in total. The molecule has 0 saturated heterocycles. The summed E-state index contributed by atoms with van der Waals surface area (Å²) in [5, 5.41) is 6.28. The lowest BCUT2D eigenvalue weighted by Gasteiger charge is -2.21. The van der Waals surface area contributed by atoms with Crippen molar-refractivity contribution in [3.8, 4) is 0 Å². The fourth-order valence-corrected chi connectivity index (χ4v) is 8.57. The van der Waals surface area contributed by atoms with Crippen LogP contribution in [0.3, 0.4) is 0 Å². The van der Waals surface area contributed by atoms with E-state index in [0.29, 0.717) is 13.0 Å². The molecule has 0 bridgehead atoms. The Kier molecular flexibility index (Phi) is 9.20. The number of hydrogen-bond acceptors (Lipinski definition) is 7. The Hall–Kier alpha value is -3.10. The average molecular weight is 668 g/mol. The molecule has 1 aliphatic rings. The fourth-order valence-electron chi connectivity index (χ4n) is 5.53. The predicted octanol–water partition coefficient (Wildman–Crippen LogP) is 7.17. The third kappa shape index (κ3) is 6.62. The highest BCUT2D eigenvalue weighted by Crippen LogP contribution is 2.49. The highest BCUT2D eigenvalue weighted by Gasteiger charge is 2.29. The molecule has 1 aromatic heterocycles. The normalized spacial score (nSPS) is 15.6. The number of benzene rings is 4. The molecule has 1 aliphatic heterocycles. The SMILES string of the molecule is CCC(=Cc1sc2ccc3ccccc3c2[n+]1CCCOS(=O)O)C=C1Sc2ccc3ccccc3c2N1CCS(=O)(=O)O. The Labute approximate surface area is 266 Å². The first-order valence-electron chi connectivity index (χ1n) is 14.1. The zero-order chi connectivity index (χ0) is 30.8. The van der Waals surface area contributed by atoms with Crippen LogP contribution >= 0.6 is 23.1 Å². The Balaban J connectivity index is 1.44. The van der Waals surface area contributed by atoms with Gasteiger partial charge in [0.05, 0.1) is 28.5 Å². The van der Waals surface area contributed by atoms with Crippen LogP contribution in [0.2, 0.25) is 0 Å². The van der Waals surface area contributed by atoms with Crippen molar-refractivity contribution in [2.75, 3.05) is 23.8 Å². The van der Waals surface area contributed by atoms with E-state index in [4.69, 9.17) is 8.74 Å². The first kappa shape index (κ1) is 30.9. The summed E-state index contributed by atoms with van der Waals surface area (Å²) in [5.41, 5.74) is 3.11. The zero-order valence-electron chi connectivity index (χ0n) is 23.9. The smallest absolute Gasteiger partial charge is 0.301 e. The highest BCUT2D eigenvalue weighted by molar-refractivity contribution is 8.03. The van der Waals surface area contributed by atoms with E-state index in [1.165, 1.54) is 0 Å². The van der Waals surface area contributed by atoms with Crippen LogP contribution in [-0.2, 0) is 32.2 Å². The lowest BCUT2D eigenvalue weighted by atomic mass is 10.1. The maximum Gasteiger partial charge on any atom is 0.301 e. The third-order valence-corrected chi connectivity index (χ3v) is 10.8. The van der Waals surface area contributed by atoms with Crippen LogP contribution in [0.1, 0.15) is 24.8 Å². The van der Waals surface area contributed by atoms with Gasteiger partial charge in [0.2, 0.25) is 5.52 Å². The number of anilines is 1. The Morgan fingerprint density at radius 3 is 2.45 bits per heavy atom. The van der Waals surface area contributed by atoms with Crippen molar-refractivity contribution in [3.05, 3.63) is 94.5 Å². The number of aryl methyl sites for hydroxylation is 1. The number of aromatic nitrogens is 1. The second kappa shape index (κ2) is 13.1. The standard InChI is InChI=1S/C32H30N2O6S4/c1-2-22(21-30-34(17-19-44(37,38)39)32-26-11-6-4-9-24(26)13-15-28(32)42-30)20-29-33(16-7-18-40-43(35)36)31-25-10-5-3-8-23(25)12-14-27(31)41-29/h3-6,8-15,20-21H,2,7,16-19H2,1H3,(H-,35,36,37,38,39)/p+1. The first-order chi connectivity index (χ1) is 21.2. The molecule has 2 heterocycles. The van der Waals surface area contributed by atoms with Crippen molar-refractivity contribution in [2.45, 2.75) is 31.2 Å². The molecular formula is C32H31N2O6S4+. The maximum atomic E-state index is 11.8. The number of thiazole rings is 1. The molecule has 5 aromatic rings. The van der Waals surface area contributed by atoms with Crippen LogP contribution in [-0.4, -0.2) is 40.6 Å². The molecule has 0 amide bonds. The summed E-state index contributed by atoms with van der Waals surface area (Å²) >= 11 is 0.969. The zero-order valence-corrected chi connectivity index (χ0v) is 27.1. The van der Waals surface area contributed by atoms with Gasteiger partial charge in [-0.15, -0.1) is 0 Å². The minimum Gasteiger partial charge on any atom is -0.333 e. The van der Waals surface area contributed by atoms with Crippen molar-refractivity contribution in [2.24, 2.45) is 0 Å². The molecule has 228 valence electrons. The summed E-state index contributed by atoms with van der Waals surface area (Å²) in [7, 11) is -4.17. The van der Waals surface area contributed by atoms with Gasteiger partial charge in [-0.3, -0.25) is 13.3 Å². The van der Waals surface area contributed by atoms with Crippen LogP contribution in [0.15, 0.2) is 94.4 Å². The number of nitrogens with zero attached hydrogens (tertiary/aromatic N) is 2. The van der Waals surface area contributed by atoms with E-state index < -0.39 is 21.5 Å². The van der Waals surface area contributed by atoms with E-state index in [9.17, 15) is 17.2 Å². The quantitative estimate of drug-likeness (QED) is 0.0661. The van der Waals surface area contributed by atoms with Gasteiger partial charge in [0, 0.05) is 29.3 Å². The molecule has 0 fully saturated rings. The predicted molar refractivity (Wildman–Crippen MR) is 181 cm³/mol. The number of fused-ring (bicyclic) bond motifs is 6. The van der Waals surface area contributed by atoms with Gasteiger partial charge in [-0.2, -0.15) is 17.2 Å². The van der Waals surface area contributed by atoms with Crippen molar-refractivity contribution in [1.29, 1.82) is 0 Å². The van der Waals surface area contributed by atoms with E-state index in [1.807, 2.05) is 41.3 Å². The number of rotatable bonds is 11. The summed E-state index contributed by atoms with van der Waals surface area (Å²) in [6.45, 7) is 2.96. The van der Waals surface area contributed by atoms with Crippen molar-refractivity contribution < 1.29 is 30.5 Å². The van der Waals surface area contributed by atoms with E-state index in [-0.39, 0.29) is 18.9 Å². The number of allylic oxidation sites excluding steroid dienone is 2. The molecule has 12 heteroatoms. The molecule has 44 heavy (non-hydrogen) atoms. The molecule has 0 spiro atoms. The molecular weight excluding hydrogens is 637 g/mol. The average Bonchev–Trinajstić information content (AvgIpc) is 3.54. The molecule has 1 atom stereocenters. The molecule has 0 aliphatic carbocycles.